The van der Waals surface area contributed by atoms with Crippen LogP contribution in [0.3, 0.4) is 0 Å². The van der Waals surface area contributed by atoms with Crippen molar-refractivity contribution in [2.24, 2.45) is 0 Å². The number of aliphatic hydroxyl groups excluding tert-OH is 1. The van der Waals surface area contributed by atoms with Crippen molar-refractivity contribution in [3.8, 4) is 17.4 Å². The lowest BCUT2D eigenvalue weighted by Gasteiger charge is -2.28. The van der Waals surface area contributed by atoms with Crippen LogP contribution in [0.15, 0.2) is 57.4 Å². The molecule has 0 saturated heterocycles. The summed E-state index contributed by atoms with van der Waals surface area (Å²) < 4.78 is 17.2. The van der Waals surface area contributed by atoms with Crippen molar-refractivity contribution in [2.75, 3.05) is 26.2 Å². The van der Waals surface area contributed by atoms with Gasteiger partial charge in [-0.3, -0.25) is 4.90 Å². The first-order valence-electron chi connectivity index (χ1n) is 11.0. The highest BCUT2D eigenvalue weighted by molar-refractivity contribution is 6.42. The predicted molar refractivity (Wildman–Crippen MR) is 138 cm³/mol. The standard InChI is InChI=1S/C25H23Cl2N3O4.ClH/c1-15-28-29-25(33-15)24-12-19-22(3-2-4-23(19)34-24)32-14-18(31)13-30-9-7-16(8-10-30)17-5-6-20(26)21(27)11-17;/h2-7,11-12,18,31H,8-10,13-14H2,1H3;1H/t18-;/m0./s1. The van der Waals surface area contributed by atoms with Gasteiger partial charge in [0.15, 0.2) is 5.76 Å². The van der Waals surface area contributed by atoms with Crippen molar-refractivity contribution in [1.82, 2.24) is 15.1 Å². The van der Waals surface area contributed by atoms with Crippen molar-refractivity contribution < 1.29 is 18.7 Å². The number of aryl methyl sites for hydroxylation is 1. The fourth-order valence-corrected chi connectivity index (χ4v) is 4.33. The van der Waals surface area contributed by atoms with Gasteiger partial charge in [0.1, 0.15) is 24.0 Å². The van der Waals surface area contributed by atoms with Gasteiger partial charge < -0.3 is 18.7 Å². The molecule has 0 saturated carbocycles. The molecule has 0 amide bonds. The van der Waals surface area contributed by atoms with Gasteiger partial charge in [-0.15, -0.1) is 22.6 Å². The Morgan fingerprint density at radius 2 is 1.97 bits per heavy atom. The molecule has 7 nitrogen and oxygen atoms in total. The van der Waals surface area contributed by atoms with Crippen LogP contribution in [0.1, 0.15) is 17.9 Å². The van der Waals surface area contributed by atoms with E-state index >= 15 is 0 Å². The number of aliphatic hydroxyl groups is 1. The zero-order valence-electron chi connectivity index (χ0n) is 18.9. The Hall–Kier alpha value is -2.55. The van der Waals surface area contributed by atoms with E-state index in [1.165, 1.54) is 5.57 Å². The lowest BCUT2D eigenvalue weighted by atomic mass is 9.99. The number of halogens is 3. The van der Waals surface area contributed by atoms with Gasteiger partial charge in [0.05, 0.1) is 15.4 Å². The summed E-state index contributed by atoms with van der Waals surface area (Å²) >= 11 is 12.2. The molecule has 1 aliphatic heterocycles. The summed E-state index contributed by atoms with van der Waals surface area (Å²) in [4.78, 5) is 2.20. The van der Waals surface area contributed by atoms with E-state index in [2.05, 4.69) is 21.2 Å². The maximum Gasteiger partial charge on any atom is 0.283 e. The zero-order valence-corrected chi connectivity index (χ0v) is 21.2. The van der Waals surface area contributed by atoms with Crippen LogP contribution in [0.5, 0.6) is 5.75 Å². The molecule has 4 aromatic rings. The maximum atomic E-state index is 10.6. The average Bonchev–Trinajstić information content (AvgIpc) is 3.46. The van der Waals surface area contributed by atoms with Crippen LogP contribution in [0.4, 0.5) is 0 Å². The van der Waals surface area contributed by atoms with Crippen molar-refractivity contribution >= 4 is 52.2 Å². The topological polar surface area (TPSA) is 84.8 Å². The smallest absolute Gasteiger partial charge is 0.283 e. The van der Waals surface area contributed by atoms with Crippen molar-refractivity contribution in [3.63, 3.8) is 0 Å². The van der Waals surface area contributed by atoms with Gasteiger partial charge in [-0.05, 0) is 41.8 Å². The fraction of sp³-hybridized carbons (Fsp3) is 0.280. The first kappa shape index (κ1) is 25.5. The molecule has 0 radical (unpaired) electrons. The highest BCUT2D eigenvalue weighted by Gasteiger charge is 2.19. The third kappa shape index (κ3) is 5.82. The number of benzene rings is 2. The van der Waals surface area contributed by atoms with Crippen molar-refractivity contribution in [2.45, 2.75) is 19.4 Å². The lowest BCUT2D eigenvalue weighted by molar-refractivity contribution is 0.0722. The van der Waals surface area contributed by atoms with Crippen molar-refractivity contribution in [1.29, 1.82) is 0 Å². The summed E-state index contributed by atoms with van der Waals surface area (Å²) in [5.41, 5.74) is 2.97. The molecule has 35 heavy (non-hydrogen) atoms. The Morgan fingerprint density at radius 1 is 1.11 bits per heavy atom. The lowest BCUT2D eigenvalue weighted by Crippen LogP contribution is -2.38. The fourth-order valence-electron chi connectivity index (χ4n) is 4.03. The first-order chi connectivity index (χ1) is 16.5. The molecule has 2 aromatic carbocycles. The number of rotatable bonds is 7. The molecule has 0 unspecified atom stereocenters. The molecule has 0 bridgehead atoms. The number of fused-ring (bicyclic) bond motifs is 1. The Labute approximate surface area is 218 Å². The van der Waals surface area contributed by atoms with Gasteiger partial charge in [-0.25, -0.2) is 0 Å². The van der Waals surface area contributed by atoms with E-state index in [1.54, 1.807) is 6.92 Å². The molecule has 0 aliphatic carbocycles. The molecular formula is C25H24Cl3N3O4. The van der Waals surface area contributed by atoms with E-state index in [0.717, 1.165) is 30.5 Å². The largest absolute Gasteiger partial charge is 0.490 e. The monoisotopic (exact) mass is 535 g/mol. The molecule has 0 fully saturated rings. The molecule has 5 rings (SSSR count). The van der Waals surface area contributed by atoms with Crippen LogP contribution >= 0.6 is 35.6 Å². The molecule has 184 valence electrons. The summed E-state index contributed by atoms with van der Waals surface area (Å²) in [7, 11) is 0. The average molecular weight is 537 g/mol. The minimum atomic E-state index is -0.639. The molecule has 1 N–H and O–H groups in total. The summed E-state index contributed by atoms with van der Waals surface area (Å²) in [5, 5.41) is 20.3. The van der Waals surface area contributed by atoms with Crippen molar-refractivity contribution in [3.05, 3.63) is 70.0 Å². The number of nitrogens with zero attached hydrogens (tertiary/aromatic N) is 3. The molecule has 0 spiro atoms. The summed E-state index contributed by atoms with van der Waals surface area (Å²) in [6.45, 7) is 3.99. The van der Waals surface area contributed by atoms with Crippen LogP contribution in [-0.4, -0.2) is 52.5 Å². The van der Waals surface area contributed by atoms with Gasteiger partial charge >= 0.3 is 0 Å². The van der Waals surface area contributed by atoms with E-state index in [9.17, 15) is 5.11 Å². The summed E-state index contributed by atoms with van der Waals surface area (Å²) in [5.74, 6) is 1.89. The number of furan rings is 1. The van der Waals surface area contributed by atoms with Crippen LogP contribution in [0.2, 0.25) is 10.0 Å². The normalized spacial score (nSPS) is 15.0. The molecular weight excluding hydrogens is 513 g/mol. The van der Waals surface area contributed by atoms with Crippen LogP contribution in [0, 0.1) is 6.92 Å². The van der Waals surface area contributed by atoms with Gasteiger partial charge in [-0.2, -0.15) is 0 Å². The first-order valence-corrected chi connectivity index (χ1v) is 11.7. The minimum Gasteiger partial charge on any atom is -0.490 e. The number of β-amino-alcohol motifs (C(OH)–C–C–N with tert-alkyl or cyclic N) is 1. The summed E-state index contributed by atoms with van der Waals surface area (Å²) in [6.07, 6.45) is 2.40. The second-order valence-electron chi connectivity index (χ2n) is 8.24. The molecule has 1 atom stereocenters. The molecule has 10 heteroatoms. The van der Waals surface area contributed by atoms with Gasteiger partial charge in [0, 0.05) is 32.6 Å². The van der Waals surface area contributed by atoms with Crippen LogP contribution < -0.4 is 4.74 Å². The number of hydrogen-bond acceptors (Lipinski definition) is 7. The van der Waals surface area contributed by atoms with Crippen LogP contribution in [0.25, 0.3) is 28.2 Å². The highest BCUT2D eigenvalue weighted by Crippen LogP contribution is 2.33. The molecule has 2 aromatic heterocycles. The second-order valence-corrected chi connectivity index (χ2v) is 9.05. The third-order valence-electron chi connectivity index (χ3n) is 5.74. The Kier molecular flexibility index (Phi) is 8.04. The maximum absolute atomic E-state index is 10.6. The van der Waals surface area contributed by atoms with E-state index in [-0.39, 0.29) is 19.0 Å². The molecule has 1 aliphatic rings. The predicted octanol–water partition coefficient (Wildman–Crippen LogP) is 6.05. The Morgan fingerprint density at radius 3 is 2.69 bits per heavy atom. The van der Waals surface area contributed by atoms with Gasteiger partial charge in [0.2, 0.25) is 5.89 Å². The van der Waals surface area contributed by atoms with E-state index in [0.29, 0.717) is 45.5 Å². The number of hydrogen-bond donors (Lipinski definition) is 1. The Balaban J connectivity index is 0.00000289. The minimum absolute atomic E-state index is 0. The van der Waals surface area contributed by atoms with E-state index in [4.69, 9.17) is 36.8 Å². The van der Waals surface area contributed by atoms with E-state index in [1.807, 2.05) is 42.5 Å². The second kappa shape index (κ2) is 11.0. The number of ether oxygens (including phenoxy) is 1. The summed E-state index contributed by atoms with van der Waals surface area (Å²) in [6, 6.07) is 13.0. The highest BCUT2D eigenvalue weighted by atomic mass is 35.5. The van der Waals surface area contributed by atoms with Gasteiger partial charge in [-0.1, -0.05) is 41.4 Å². The molecule has 3 heterocycles. The quantitative estimate of drug-likeness (QED) is 0.308. The third-order valence-corrected chi connectivity index (χ3v) is 6.48. The number of aromatic nitrogens is 2. The van der Waals surface area contributed by atoms with Gasteiger partial charge in [0.25, 0.3) is 5.89 Å². The van der Waals surface area contributed by atoms with Crippen LogP contribution in [-0.2, 0) is 0 Å². The Bertz CT molecular complexity index is 1350. The zero-order chi connectivity index (χ0) is 23.7. The SMILES string of the molecule is Cc1nnc(-c2cc3c(OC[C@@H](O)CN4CC=C(c5ccc(Cl)c(Cl)c5)CC4)cccc3o2)o1.Cl. The van der Waals surface area contributed by atoms with E-state index < -0.39 is 6.10 Å².